The molecule has 0 saturated heterocycles. The molecule has 114 valence electrons. The monoisotopic (exact) mass is 358 g/mol. The Morgan fingerprint density at radius 1 is 1.23 bits per heavy atom. The smallest absolute Gasteiger partial charge is 0.314 e. The van der Waals surface area contributed by atoms with Gasteiger partial charge in [0.25, 0.3) is 0 Å². The fraction of sp³-hybridized carbons (Fsp3) is 0.167. The number of halogens is 1. The summed E-state index contributed by atoms with van der Waals surface area (Å²) in [5.41, 5.74) is 3.06. The van der Waals surface area contributed by atoms with E-state index in [9.17, 15) is 4.79 Å². The number of hydrogen-bond donors (Lipinski definition) is 1. The lowest BCUT2D eigenvalue weighted by molar-refractivity contribution is 0.249. The molecule has 0 saturated carbocycles. The number of rotatable bonds is 4. The molecule has 2 aromatic rings. The van der Waals surface area contributed by atoms with Gasteiger partial charge < -0.3 is 5.32 Å². The zero-order chi connectivity index (χ0) is 15.9. The van der Waals surface area contributed by atoms with Crippen LogP contribution in [0.5, 0.6) is 0 Å². The number of carbonyl (C=O) groups is 1. The van der Waals surface area contributed by atoms with E-state index >= 15 is 0 Å². The molecule has 2 aromatic carbocycles. The Labute approximate surface area is 139 Å². The first-order chi connectivity index (χ1) is 10.6. The molecule has 3 nitrogen and oxygen atoms in total. The largest absolute Gasteiger partial charge is 0.325 e. The number of hydrogen-bond acceptors (Lipinski definition) is 1. The van der Waals surface area contributed by atoms with Gasteiger partial charge in [0.05, 0.1) is 0 Å². The Balaban J connectivity index is 2.02. The highest BCUT2D eigenvalue weighted by atomic mass is 79.9. The van der Waals surface area contributed by atoms with Crippen molar-refractivity contribution in [1.82, 2.24) is 5.32 Å². The Hall–Kier alpha value is -2.07. The molecule has 0 atom stereocenters. The van der Waals surface area contributed by atoms with Gasteiger partial charge in [-0.05, 0) is 55.3 Å². The Morgan fingerprint density at radius 3 is 2.59 bits per heavy atom. The minimum Gasteiger partial charge on any atom is -0.314 e. The normalized spacial score (nSPS) is 10.7. The molecule has 0 aliphatic rings. The molecule has 0 fully saturated rings. The zero-order valence-corrected chi connectivity index (χ0v) is 14.3. The molecule has 1 N–H and O–H groups in total. The van der Waals surface area contributed by atoms with Crippen LogP contribution in [-0.2, 0) is 0 Å². The maximum absolute atomic E-state index is 12.3. The number of amides is 2. The molecular weight excluding hydrogens is 340 g/mol. The van der Waals surface area contributed by atoms with Gasteiger partial charge in [0.2, 0.25) is 0 Å². The first kappa shape index (κ1) is 16.3. The molecule has 22 heavy (non-hydrogen) atoms. The van der Waals surface area contributed by atoms with Gasteiger partial charge >= 0.3 is 6.03 Å². The van der Waals surface area contributed by atoms with E-state index in [1.165, 1.54) is 0 Å². The van der Waals surface area contributed by atoms with Gasteiger partial charge in [-0.1, -0.05) is 40.2 Å². The van der Waals surface area contributed by atoms with E-state index in [0.717, 1.165) is 21.3 Å². The minimum absolute atomic E-state index is 0.138. The number of nitrogens with zero attached hydrogens (tertiary/aromatic N) is 1. The van der Waals surface area contributed by atoms with Crippen LogP contribution in [0, 0.1) is 6.92 Å². The molecule has 0 aliphatic carbocycles. The quantitative estimate of drug-likeness (QED) is 0.822. The van der Waals surface area contributed by atoms with Gasteiger partial charge in [0.1, 0.15) is 0 Å². The van der Waals surface area contributed by atoms with Crippen LogP contribution in [0.15, 0.2) is 59.2 Å². The van der Waals surface area contributed by atoms with Gasteiger partial charge in [-0.25, -0.2) is 4.79 Å². The van der Waals surface area contributed by atoms with E-state index in [0.29, 0.717) is 6.54 Å². The molecule has 4 heteroatoms. The van der Waals surface area contributed by atoms with Gasteiger partial charge in [-0.3, -0.25) is 4.90 Å². The summed E-state index contributed by atoms with van der Waals surface area (Å²) in [6.07, 6.45) is 3.54. The third kappa shape index (κ3) is 4.46. The second-order valence-corrected chi connectivity index (χ2v) is 5.83. The summed E-state index contributed by atoms with van der Waals surface area (Å²) in [6.45, 7) is 4.59. The fourth-order valence-electron chi connectivity index (χ4n) is 2.10. The average molecular weight is 359 g/mol. The lowest BCUT2D eigenvalue weighted by atomic mass is 10.2. The third-order valence-corrected chi connectivity index (χ3v) is 3.76. The van der Waals surface area contributed by atoms with E-state index in [1.54, 1.807) is 11.1 Å². The van der Waals surface area contributed by atoms with Crippen LogP contribution in [-0.4, -0.2) is 12.6 Å². The predicted molar refractivity (Wildman–Crippen MR) is 95.9 cm³/mol. The second-order valence-electron chi connectivity index (χ2n) is 4.92. The summed E-state index contributed by atoms with van der Waals surface area (Å²) in [6, 6.07) is 15.7. The summed E-state index contributed by atoms with van der Waals surface area (Å²) in [5, 5.41) is 2.81. The third-order valence-electron chi connectivity index (χ3n) is 3.23. The van der Waals surface area contributed by atoms with Crippen LogP contribution in [0.1, 0.15) is 18.1 Å². The van der Waals surface area contributed by atoms with Gasteiger partial charge in [0.15, 0.2) is 0 Å². The van der Waals surface area contributed by atoms with E-state index in [4.69, 9.17) is 0 Å². The van der Waals surface area contributed by atoms with Crippen molar-refractivity contribution in [3.05, 3.63) is 70.3 Å². The molecule has 0 unspecified atom stereocenters. The summed E-state index contributed by atoms with van der Waals surface area (Å²) < 4.78 is 1.03. The number of nitrogens with one attached hydrogen (secondary N) is 1. The second kappa shape index (κ2) is 7.80. The summed E-state index contributed by atoms with van der Waals surface area (Å²) in [4.78, 5) is 14.0. The van der Waals surface area contributed by atoms with E-state index in [-0.39, 0.29) is 6.03 Å². The van der Waals surface area contributed by atoms with Crippen LogP contribution < -0.4 is 10.2 Å². The van der Waals surface area contributed by atoms with Gasteiger partial charge in [-0.2, -0.15) is 0 Å². The molecule has 0 bridgehead atoms. The van der Waals surface area contributed by atoms with Crippen molar-refractivity contribution in [3.63, 3.8) is 0 Å². The molecule has 0 radical (unpaired) electrons. The summed E-state index contributed by atoms with van der Waals surface area (Å²) >= 11 is 3.40. The molecule has 0 aromatic heterocycles. The van der Waals surface area contributed by atoms with Crippen LogP contribution in [0.3, 0.4) is 0 Å². The highest BCUT2D eigenvalue weighted by Gasteiger charge is 2.12. The molecular formula is C18H19BrN2O. The molecule has 0 aliphatic heterocycles. The first-order valence-corrected chi connectivity index (χ1v) is 7.96. The van der Waals surface area contributed by atoms with Crippen molar-refractivity contribution in [2.45, 2.75) is 13.8 Å². The highest BCUT2D eigenvalue weighted by Crippen LogP contribution is 2.16. The van der Waals surface area contributed by atoms with Crippen molar-refractivity contribution in [2.75, 3.05) is 11.4 Å². The van der Waals surface area contributed by atoms with E-state index in [2.05, 4.69) is 21.2 Å². The van der Waals surface area contributed by atoms with Crippen molar-refractivity contribution in [3.8, 4) is 0 Å². The first-order valence-electron chi connectivity index (χ1n) is 7.17. The highest BCUT2D eigenvalue weighted by molar-refractivity contribution is 9.10. The number of aryl methyl sites for hydroxylation is 1. The van der Waals surface area contributed by atoms with Gasteiger partial charge in [-0.15, -0.1) is 0 Å². The van der Waals surface area contributed by atoms with E-state index < -0.39 is 0 Å². The van der Waals surface area contributed by atoms with Crippen LogP contribution >= 0.6 is 15.9 Å². The Kier molecular flexibility index (Phi) is 5.78. The number of carbonyl (C=O) groups excluding carboxylic acids is 1. The zero-order valence-electron chi connectivity index (χ0n) is 12.7. The summed E-state index contributed by atoms with van der Waals surface area (Å²) in [5.74, 6) is 0. The average Bonchev–Trinajstić information content (AvgIpc) is 2.50. The van der Waals surface area contributed by atoms with Crippen molar-refractivity contribution < 1.29 is 4.79 Å². The minimum atomic E-state index is -0.138. The van der Waals surface area contributed by atoms with Crippen molar-refractivity contribution >= 4 is 33.7 Å². The topological polar surface area (TPSA) is 32.3 Å². The van der Waals surface area contributed by atoms with Crippen molar-refractivity contribution in [1.29, 1.82) is 0 Å². The van der Waals surface area contributed by atoms with Crippen molar-refractivity contribution in [2.24, 2.45) is 0 Å². The molecule has 0 spiro atoms. The van der Waals surface area contributed by atoms with E-state index in [1.807, 2.05) is 68.5 Å². The molecule has 0 heterocycles. The fourth-order valence-corrected chi connectivity index (χ4v) is 2.36. The summed E-state index contributed by atoms with van der Waals surface area (Å²) in [7, 11) is 0. The number of urea groups is 1. The number of anilines is 1. The van der Waals surface area contributed by atoms with Crippen LogP contribution in [0.2, 0.25) is 0 Å². The standard InChI is InChI=1S/C18H19BrN2O/c1-3-21(17-6-4-5-14(2)13-17)18(22)20-12-11-15-7-9-16(19)10-8-15/h4-13H,3H2,1-2H3,(H,20,22)/b12-11+. The Bertz CT molecular complexity index is 665. The SMILES string of the molecule is CCN(C(=O)N/C=C/c1ccc(Br)cc1)c1cccc(C)c1. The van der Waals surface area contributed by atoms with Crippen LogP contribution in [0.25, 0.3) is 6.08 Å². The van der Waals surface area contributed by atoms with Crippen LogP contribution in [0.4, 0.5) is 10.5 Å². The lowest BCUT2D eigenvalue weighted by Gasteiger charge is -2.20. The molecule has 2 amide bonds. The Morgan fingerprint density at radius 2 is 1.95 bits per heavy atom. The maximum Gasteiger partial charge on any atom is 0.325 e. The lowest BCUT2D eigenvalue weighted by Crippen LogP contribution is -2.37. The number of benzene rings is 2. The predicted octanol–water partition coefficient (Wildman–Crippen LogP) is 4.96. The maximum atomic E-state index is 12.3. The van der Waals surface area contributed by atoms with Gasteiger partial charge in [0, 0.05) is 22.9 Å². The molecule has 2 rings (SSSR count).